The third kappa shape index (κ3) is 6.56. The summed E-state index contributed by atoms with van der Waals surface area (Å²) in [7, 11) is -6.45. The highest BCUT2D eigenvalue weighted by atomic mass is 32.2. The van der Waals surface area contributed by atoms with Crippen molar-refractivity contribution in [3.63, 3.8) is 0 Å². The molecule has 10 nitrogen and oxygen atoms in total. The van der Waals surface area contributed by atoms with Gasteiger partial charge in [0.2, 0.25) is 0 Å². The van der Waals surface area contributed by atoms with E-state index in [4.69, 9.17) is 14.8 Å². The topological polar surface area (TPSA) is 143 Å². The standard InChI is InChI=1S/C21H16F6N2O8S/c1-3-35-19(32)29(7-6-28)37-16-10-13(36-15-5-4-12(8-11(15)2)20(22,23)24)9-14(18(30)31)17(16)38(33,34)21(25,26)27/h4-5,8-10H,3,7H2,1-2H3,(H,30,31). The monoisotopic (exact) mass is 570 g/mol. The number of benzene rings is 2. The molecule has 0 unspecified atom stereocenters. The molecule has 0 spiro atoms. The van der Waals surface area contributed by atoms with Crippen molar-refractivity contribution >= 4 is 21.9 Å². The molecule has 206 valence electrons. The maximum absolute atomic E-state index is 13.4. The first-order chi connectivity index (χ1) is 17.4. The number of carbonyl (C=O) groups is 2. The second-order valence-corrected chi connectivity index (χ2v) is 9.00. The predicted molar refractivity (Wildman–Crippen MR) is 113 cm³/mol. The third-order valence-electron chi connectivity index (χ3n) is 4.46. The molecule has 0 heterocycles. The number of carbonyl (C=O) groups excluding carboxylic acids is 1. The van der Waals surface area contributed by atoms with Crippen LogP contribution in [0.4, 0.5) is 31.1 Å². The van der Waals surface area contributed by atoms with Gasteiger partial charge in [0.25, 0.3) is 9.84 Å². The van der Waals surface area contributed by atoms with Crippen LogP contribution in [0.2, 0.25) is 0 Å². The second kappa shape index (κ2) is 11.0. The molecular weight excluding hydrogens is 554 g/mol. The minimum Gasteiger partial charge on any atom is -0.478 e. The van der Waals surface area contributed by atoms with Crippen LogP contribution in [0, 0.1) is 18.3 Å². The molecule has 0 aliphatic rings. The Bertz CT molecular complexity index is 1380. The van der Waals surface area contributed by atoms with Crippen molar-refractivity contribution in [3.05, 3.63) is 47.0 Å². The lowest BCUT2D eigenvalue weighted by Gasteiger charge is -2.22. The number of hydroxylamine groups is 2. The van der Waals surface area contributed by atoms with Gasteiger partial charge in [0, 0.05) is 6.07 Å². The maximum Gasteiger partial charge on any atom is 0.502 e. The van der Waals surface area contributed by atoms with Crippen LogP contribution in [0.1, 0.15) is 28.4 Å². The summed E-state index contributed by atoms with van der Waals surface area (Å²) in [6.45, 7) is 1.20. The first kappa shape index (κ1) is 30.0. The van der Waals surface area contributed by atoms with E-state index in [1.165, 1.54) is 19.9 Å². The number of ether oxygens (including phenoxy) is 2. The largest absolute Gasteiger partial charge is 0.502 e. The highest BCUT2D eigenvalue weighted by molar-refractivity contribution is 7.92. The van der Waals surface area contributed by atoms with Gasteiger partial charge in [-0.05, 0) is 43.7 Å². The number of rotatable bonds is 8. The highest BCUT2D eigenvalue weighted by Crippen LogP contribution is 2.42. The zero-order valence-corrected chi connectivity index (χ0v) is 20.0. The Morgan fingerprint density at radius 3 is 2.18 bits per heavy atom. The maximum atomic E-state index is 13.4. The number of nitrogens with zero attached hydrogens (tertiary/aromatic N) is 2. The van der Waals surface area contributed by atoms with E-state index in [2.05, 4.69) is 4.74 Å². The van der Waals surface area contributed by atoms with Crippen LogP contribution in [0.5, 0.6) is 17.2 Å². The van der Waals surface area contributed by atoms with Crippen LogP contribution in [0.3, 0.4) is 0 Å². The van der Waals surface area contributed by atoms with Crippen molar-refractivity contribution in [2.75, 3.05) is 13.2 Å². The van der Waals surface area contributed by atoms with Crippen LogP contribution in [0.15, 0.2) is 35.2 Å². The Labute approximate surface area is 210 Å². The van der Waals surface area contributed by atoms with Crippen molar-refractivity contribution in [2.45, 2.75) is 30.4 Å². The van der Waals surface area contributed by atoms with E-state index in [9.17, 15) is 49.5 Å². The van der Waals surface area contributed by atoms with Gasteiger partial charge in [0.15, 0.2) is 5.75 Å². The third-order valence-corrected chi connectivity index (χ3v) is 6.02. The number of carboxylic acids is 1. The van der Waals surface area contributed by atoms with Crippen molar-refractivity contribution in [2.24, 2.45) is 0 Å². The highest BCUT2D eigenvalue weighted by Gasteiger charge is 2.51. The van der Waals surface area contributed by atoms with E-state index in [-0.39, 0.29) is 23.0 Å². The molecule has 1 amide bonds. The Balaban J connectivity index is 2.78. The van der Waals surface area contributed by atoms with Gasteiger partial charge >= 0.3 is 23.7 Å². The molecule has 17 heteroatoms. The van der Waals surface area contributed by atoms with E-state index >= 15 is 0 Å². The molecule has 2 rings (SSSR count). The molecule has 2 aromatic carbocycles. The molecule has 0 fully saturated rings. The molecular formula is C21H16F6N2O8S. The van der Waals surface area contributed by atoms with Gasteiger partial charge in [-0.1, -0.05) is 0 Å². The summed E-state index contributed by atoms with van der Waals surface area (Å²) in [4.78, 5) is 26.8. The number of amides is 1. The summed E-state index contributed by atoms with van der Waals surface area (Å²) >= 11 is 0. The van der Waals surface area contributed by atoms with Crippen LogP contribution in [0.25, 0.3) is 0 Å². The number of aryl methyl sites for hydroxylation is 1. The predicted octanol–water partition coefficient (Wildman–Crippen LogP) is 5.07. The minimum absolute atomic E-state index is 0.0208. The van der Waals surface area contributed by atoms with Crippen LogP contribution in [-0.4, -0.2) is 49.3 Å². The van der Waals surface area contributed by atoms with E-state index < -0.39 is 67.7 Å². The van der Waals surface area contributed by atoms with Gasteiger partial charge in [0.1, 0.15) is 22.9 Å². The molecule has 0 radical (unpaired) electrons. The van der Waals surface area contributed by atoms with E-state index in [0.717, 1.165) is 6.07 Å². The average Bonchev–Trinajstić information content (AvgIpc) is 2.78. The van der Waals surface area contributed by atoms with E-state index in [1.54, 1.807) is 0 Å². The fourth-order valence-electron chi connectivity index (χ4n) is 2.84. The molecule has 0 aromatic heterocycles. The van der Waals surface area contributed by atoms with Gasteiger partial charge in [-0.15, -0.1) is 5.06 Å². The van der Waals surface area contributed by atoms with Crippen molar-refractivity contribution in [1.29, 1.82) is 5.26 Å². The Hall–Kier alpha value is -4.20. The summed E-state index contributed by atoms with van der Waals surface area (Å²) in [6.07, 6.45) is -6.16. The number of hydrogen-bond donors (Lipinski definition) is 1. The van der Waals surface area contributed by atoms with Gasteiger partial charge in [-0.2, -0.15) is 31.6 Å². The lowest BCUT2D eigenvalue weighted by Crippen LogP contribution is -2.36. The molecule has 0 saturated carbocycles. The average molecular weight is 570 g/mol. The fourth-order valence-corrected chi connectivity index (χ4v) is 3.86. The Morgan fingerprint density at radius 1 is 1.08 bits per heavy atom. The number of aromatic carboxylic acids is 1. The SMILES string of the molecule is CCOC(=O)N(CC#N)Oc1cc(Oc2ccc(C(F)(F)F)cc2C)cc(C(=O)O)c1S(=O)(=O)C(F)(F)F. The molecule has 0 aliphatic heterocycles. The van der Waals surface area contributed by atoms with Crippen LogP contribution < -0.4 is 9.57 Å². The number of hydrogen-bond acceptors (Lipinski definition) is 8. The van der Waals surface area contributed by atoms with Crippen LogP contribution in [-0.2, 0) is 20.8 Å². The first-order valence-electron chi connectivity index (χ1n) is 10.0. The van der Waals surface area contributed by atoms with E-state index in [0.29, 0.717) is 24.3 Å². The fraction of sp³-hybridized carbons (Fsp3) is 0.286. The number of carboxylic acid groups (broad SMARTS) is 1. The summed E-state index contributed by atoms with van der Waals surface area (Å²) in [5.41, 5.74) is -8.75. The quantitative estimate of drug-likeness (QED) is 0.261. The van der Waals surface area contributed by atoms with Gasteiger partial charge in [-0.25, -0.2) is 18.0 Å². The zero-order valence-electron chi connectivity index (χ0n) is 19.2. The molecule has 0 bridgehead atoms. The number of sulfone groups is 1. The summed E-state index contributed by atoms with van der Waals surface area (Å²) in [5.74, 6) is -4.60. The Morgan fingerprint density at radius 2 is 1.71 bits per heavy atom. The first-order valence-corrected chi connectivity index (χ1v) is 11.5. The lowest BCUT2D eigenvalue weighted by molar-refractivity contribution is -0.137. The van der Waals surface area contributed by atoms with Crippen LogP contribution >= 0.6 is 0 Å². The number of halogens is 6. The Kier molecular flexibility index (Phi) is 8.73. The molecule has 0 saturated heterocycles. The summed E-state index contributed by atoms with van der Waals surface area (Å²) < 4.78 is 114. The summed E-state index contributed by atoms with van der Waals surface area (Å²) in [6, 6.07) is 4.35. The molecule has 0 aliphatic carbocycles. The van der Waals surface area contributed by atoms with Crippen molar-refractivity contribution < 1.29 is 63.8 Å². The number of nitriles is 1. The normalized spacial score (nSPS) is 11.9. The molecule has 1 N–H and O–H groups in total. The lowest BCUT2D eigenvalue weighted by atomic mass is 10.1. The summed E-state index contributed by atoms with van der Waals surface area (Å²) in [5, 5.41) is 18.4. The van der Waals surface area contributed by atoms with E-state index in [1.807, 2.05) is 0 Å². The second-order valence-electron chi connectivity index (χ2n) is 7.12. The molecule has 0 atom stereocenters. The number of alkyl halides is 6. The van der Waals surface area contributed by atoms with Gasteiger partial charge < -0.3 is 19.4 Å². The zero-order chi connectivity index (χ0) is 29.1. The van der Waals surface area contributed by atoms with Crippen molar-refractivity contribution in [3.8, 4) is 23.3 Å². The van der Waals surface area contributed by atoms with Gasteiger partial charge in [-0.3, -0.25) is 0 Å². The molecule has 38 heavy (non-hydrogen) atoms. The smallest absolute Gasteiger partial charge is 0.478 e. The van der Waals surface area contributed by atoms with Gasteiger partial charge in [0.05, 0.1) is 23.8 Å². The minimum atomic E-state index is -6.45. The van der Waals surface area contributed by atoms with Crippen molar-refractivity contribution in [1.82, 2.24) is 5.06 Å². The molecule has 2 aromatic rings.